The van der Waals surface area contributed by atoms with Gasteiger partial charge in [-0.05, 0) is 37.0 Å². The van der Waals surface area contributed by atoms with Crippen molar-refractivity contribution in [2.45, 2.75) is 44.6 Å². The molecule has 0 bridgehead atoms. The number of carbonyl (C=O) groups excluding carboxylic acids is 1. The summed E-state index contributed by atoms with van der Waals surface area (Å²) in [7, 11) is 0. The zero-order valence-electron chi connectivity index (χ0n) is 11.7. The highest BCUT2D eigenvalue weighted by Crippen LogP contribution is 2.37. The van der Waals surface area contributed by atoms with Crippen molar-refractivity contribution in [3.63, 3.8) is 0 Å². The first-order chi connectivity index (χ1) is 9.75. The monoisotopic (exact) mass is 271 g/mol. The van der Waals surface area contributed by atoms with Gasteiger partial charge in [0.05, 0.1) is 5.69 Å². The minimum Gasteiger partial charge on any atom is -0.506 e. The van der Waals surface area contributed by atoms with Gasteiger partial charge in [-0.3, -0.25) is 4.79 Å². The standard InChI is InChI=1S/C17H21NO2/c19-14-10-11-18(15-8-4-5-9-17(15)20)16(12-14)13-6-2-1-3-7-13/h4-5,8-11,13,16,20H,1-3,6-7,12H2/t16-/m0/s1. The summed E-state index contributed by atoms with van der Waals surface area (Å²) >= 11 is 0. The molecule has 3 rings (SSSR count). The maximum Gasteiger partial charge on any atom is 0.159 e. The summed E-state index contributed by atoms with van der Waals surface area (Å²) in [6.45, 7) is 0. The number of hydrogen-bond acceptors (Lipinski definition) is 3. The van der Waals surface area contributed by atoms with Crippen LogP contribution in [0.4, 0.5) is 5.69 Å². The van der Waals surface area contributed by atoms with E-state index in [1.807, 2.05) is 24.4 Å². The third-order valence-electron chi connectivity index (χ3n) is 4.54. The molecule has 3 nitrogen and oxygen atoms in total. The summed E-state index contributed by atoms with van der Waals surface area (Å²) in [6.07, 6.45) is 10.2. The number of carbonyl (C=O) groups is 1. The van der Waals surface area contributed by atoms with E-state index in [0.29, 0.717) is 12.3 Å². The Labute approximate surface area is 119 Å². The van der Waals surface area contributed by atoms with Gasteiger partial charge < -0.3 is 10.0 Å². The van der Waals surface area contributed by atoms with Crippen molar-refractivity contribution in [2.75, 3.05) is 4.90 Å². The molecular weight excluding hydrogens is 250 g/mol. The van der Waals surface area contributed by atoms with Gasteiger partial charge in [0.25, 0.3) is 0 Å². The van der Waals surface area contributed by atoms with Crippen LogP contribution in [0.5, 0.6) is 5.75 Å². The largest absolute Gasteiger partial charge is 0.506 e. The maximum absolute atomic E-state index is 11.8. The molecule has 0 unspecified atom stereocenters. The number of aromatic hydroxyl groups is 1. The lowest BCUT2D eigenvalue weighted by Crippen LogP contribution is -2.42. The minimum atomic E-state index is 0.195. The van der Waals surface area contributed by atoms with E-state index >= 15 is 0 Å². The molecule has 0 aromatic heterocycles. The van der Waals surface area contributed by atoms with E-state index in [-0.39, 0.29) is 17.6 Å². The smallest absolute Gasteiger partial charge is 0.159 e. The Balaban J connectivity index is 1.91. The first-order valence-corrected chi connectivity index (χ1v) is 7.53. The molecule has 106 valence electrons. The van der Waals surface area contributed by atoms with Crippen LogP contribution in [0, 0.1) is 5.92 Å². The van der Waals surface area contributed by atoms with Crippen molar-refractivity contribution >= 4 is 11.5 Å². The third-order valence-corrected chi connectivity index (χ3v) is 4.54. The fourth-order valence-corrected chi connectivity index (χ4v) is 3.50. The van der Waals surface area contributed by atoms with Crippen molar-refractivity contribution in [3.05, 3.63) is 36.5 Å². The Bertz CT molecular complexity index is 517. The third kappa shape index (κ3) is 2.58. The van der Waals surface area contributed by atoms with Gasteiger partial charge in [0, 0.05) is 18.7 Å². The van der Waals surface area contributed by atoms with Gasteiger partial charge in [-0.25, -0.2) is 0 Å². The SMILES string of the molecule is O=C1C=CN(c2ccccc2O)[C@H](C2CCCCC2)C1. The Morgan fingerprint density at radius 2 is 1.85 bits per heavy atom. The van der Waals surface area contributed by atoms with Crippen molar-refractivity contribution in [3.8, 4) is 5.75 Å². The number of phenols is 1. The Morgan fingerprint density at radius 3 is 2.60 bits per heavy atom. The Hall–Kier alpha value is -1.77. The van der Waals surface area contributed by atoms with Crippen molar-refractivity contribution < 1.29 is 9.90 Å². The first kappa shape index (κ1) is 13.2. The first-order valence-electron chi connectivity index (χ1n) is 7.53. The summed E-state index contributed by atoms with van der Waals surface area (Å²) < 4.78 is 0. The summed E-state index contributed by atoms with van der Waals surface area (Å²) in [4.78, 5) is 13.9. The number of anilines is 1. The normalized spacial score (nSPS) is 24.1. The second-order valence-electron chi connectivity index (χ2n) is 5.85. The fourth-order valence-electron chi connectivity index (χ4n) is 3.50. The Kier molecular flexibility index (Phi) is 3.77. The van der Waals surface area contributed by atoms with Crippen LogP contribution in [0.25, 0.3) is 0 Å². The summed E-state index contributed by atoms with van der Waals surface area (Å²) in [5.41, 5.74) is 0.812. The van der Waals surface area contributed by atoms with E-state index in [1.165, 1.54) is 32.1 Å². The van der Waals surface area contributed by atoms with Crippen LogP contribution < -0.4 is 4.90 Å². The number of benzene rings is 1. The molecule has 1 aliphatic heterocycles. The molecule has 1 atom stereocenters. The number of phenolic OH excluding ortho intramolecular Hbond substituents is 1. The summed E-state index contributed by atoms with van der Waals surface area (Å²) in [6, 6.07) is 7.58. The van der Waals surface area contributed by atoms with Crippen LogP contribution in [0.15, 0.2) is 36.5 Å². The molecule has 2 aliphatic rings. The number of nitrogens with zero attached hydrogens (tertiary/aromatic N) is 1. The number of hydrogen-bond donors (Lipinski definition) is 1. The molecule has 0 saturated heterocycles. The van der Waals surface area contributed by atoms with E-state index in [2.05, 4.69) is 4.90 Å². The molecule has 0 amide bonds. The van der Waals surface area contributed by atoms with Gasteiger partial charge in [-0.1, -0.05) is 31.4 Å². The minimum absolute atomic E-state index is 0.195. The predicted octanol–water partition coefficient (Wildman–Crippen LogP) is 3.63. The molecule has 1 aromatic rings. The molecular formula is C17H21NO2. The van der Waals surface area contributed by atoms with E-state index in [9.17, 15) is 9.90 Å². The topological polar surface area (TPSA) is 40.5 Å². The van der Waals surface area contributed by atoms with Crippen LogP contribution in [0.3, 0.4) is 0 Å². The molecule has 0 spiro atoms. The van der Waals surface area contributed by atoms with E-state index in [1.54, 1.807) is 12.1 Å². The molecule has 1 heterocycles. The van der Waals surface area contributed by atoms with Crippen molar-refractivity contribution in [2.24, 2.45) is 5.92 Å². The highest BCUT2D eigenvalue weighted by atomic mass is 16.3. The fraction of sp³-hybridized carbons (Fsp3) is 0.471. The lowest BCUT2D eigenvalue weighted by atomic mass is 9.80. The number of para-hydroxylation sites is 2. The zero-order valence-corrected chi connectivity index (χ0v) is 11.7. The van der Waals surface area contributed by atoms with Crippen LogP contribution in [-0.2, 0) is 4.79 Å². The quantitative estimate of drug-likeness (QED) is 0.893. The van der Waals surface area contributed by atoms with Crippen LogP contribution in [0.2, 0.25) is 0 Å². The highest BCUT2D eigenvalue weighted by molar-refractivity contribution is 5.92. The van der Waals surface area contributed by atoms with Gasteiger partial charge in [0.1, 0.15) is 5.75 Å². The molecule has 20 heavy (non-hydrogen) atoms. The molecule has 1 aliphatic carbocycles. The average molecular weight is 271 g/mol. The van der Waals surface area contributed by atoms with Crippen molar-refractivity contribution in [1.82, 2.24) is 0 Å². The van der Waals surface area contributed by atoms with Gasteiger partial charge in [0.2, 0.25) is 0 Å². The summed E-state index contributed by atoms with van der Waals surface area (Å²) in [5.74, 6) is 1.04. The van der Waals surface area contributed by atoms with E-state index < -0.39 is 0 Å². The maximum atomic E-state index is 11.8. The zero-order chi connectivity index (χ0) is 13.9. The van der Waals surface area contributed by atoms with Crippen LogP contribution >= 0.6 is 0 Å². The number of ketones is 1. The molecule has 3 heteroatoms. The van der Waals surface area contributed by atoms with Gasteiger partial charge >= 0.3 is 0 Å². The van der Waals surface area contributed by atoms with Crippen LogP contribution in [0.1, 0.15) is 38.5 Å². The number of rotatable bonds is 2. The Morgan fingerprint density at radius 1 is 1.10 bits per heavy atom. The second kappa shape index (κ2) is 5.70. The molecule has 1 aromatic carbocycles. The van der Waals surface area contributed by atoms with E-state index in [4.69, 9.17) is 0 Å². The van der Waals surface area contributed by atoms with Crippen molar-refractivity contribution in [1.29, 1.82) is 0 Å². The van der Waals surface area contributed by atoms with Crippen LogP contribution in [-0.4, -0.2) is 16.9 Å². The lowest BCUT2D eigenvalue weighted by molar-refractivity contribution is -0.115. The highest BCUT2D eigenvalue weighted by Gasteiger charge is 2.32. The van der Waals surface area contributed by atoms with Gasteiger partial charge in [-0.15, -0.1) is 0 Å². The molecule has 1 saturated carbocycles. The van der Waals surface area contributed by atoms with Gasteiger partial charge in [-0.2, -0.15) is 0 Å². The van der Waals surface area contributed by atoms with E-state index in [0.717, 1.165) is 5.69 Å². The molecule has 0 radical (unpaired) electrons. The predicted molar refractivity (Wildman–Crippen MR) is 79.7 cm³/mol. The molecule has 1 N–H and O–H groups in total. The number of allylic oxidation sites excluding steroid dienone is 1. The lowest BCUT2D eigenvalue weighted by Gasteiger charge is -2.39. The molecule has 1 fully saturated rings. The summed E-state index contributed by atoms with van der Waals surface area (Å²) in [5, 5.41) is 10.1. The average Bonchev–Trinajstić information content (AvgIpc) is 2.49. The van der Waals surface area contributed by atoms with Gasteiger partial charge in [0.15, 0.2) is 5.78 Å². The second-order valence-corrected chi connectivity index (χ2v) is 5.85.